The number of aryl methyl sites for hydroxylation is 1. The number of para-hydroxylation sites is 2. The number of ether oxygens (including phenoxy) is 2. The van der Waals surface area contributed by atoms with Crippen molar-refractivity contribution in [2.24, 2.45) is 0 Å². The van der Waals surface area contributed by atoms with Gasteiger partial charge < -0.3 is 20.1 Å². The molecule has 3 aromatic rings. The van der Waals surface area contributed by atoms with Gasteiger partial charge in [-0.05, 0) is 43.7 Å². The van der Waals surface area contributed by atoms with E-state index in [4.69, 9.17) is 9.47 Å². The van der Waals surface area contributed by atoms with E-state index in [1.165, 1.54) is 18.4 Å². The Morgan fingerprint density at radius 2 is 1.61 bits per heavy atom. The lowest BCUT2D eigenvalue weighted by Gasteiger charge is -2.12. The number of methoxy groups -OCH3 is 1. The van der Waals surface area contributed by atoms with Crippen molar-refractivity contribution >= 4 is 45.6 Å². The lowest BCUT2D eigenvalue weighted by Crippen LogP contribution is -2.22. The van der Waals surface area contributed by atoms with Crippen LogP contribution in [0.25, 0.3) is 0 Å². The van der Waals surface area contributed by atoms with E-state index in [9.17, 15) is 14.4 Å². The Balaban J connectivity index is 1.66. The zero-order valence-corrected chi connectivity index (χ0v) is 18.2. The summed E-state index contributed by atoms with van der Waals surface area (Å²) < 4.78 is 10.00. The van der Waals surface area contributed by atoms with Gasteiger partial charge in [0, 0.05) is 10.6 Å². The van der Waals surface area contributed by atoms with Crippen molar-refractivity contribution in [2.45, 2.75) is 13.8 Å². The Hall–Kier alpha value is -3.65. The van der Waals surface area contributed by atoms with Gasteiger partial charge >= 0.3 is 11.9 Å². The first-order valence-corrected chi connectivity index (χ1v) is 10.3. The molecule has 0 saturated heterocycles. The van der Waals surface area contributed by atoms with Gasteiger partial charge in [0.05, 0.1) is 23.9 Å². The first kappa shape index (κ1) is 22.0. The van der Waals surface area contributed by atoms with Crippen molar-refractivity contribution in [3.63, 3.8) is 0 Å². The Labute approximate surface area is 184 Å². The average Bonchev–Trinajstić information content (AvgIpc) is 3.05. The largest absolute Gasteiger partial charge is 0.465 e. The summed E-state index contributed by atoms with van der Waals surface area (Å²) in [5, 5.41) is 6.17. The van der Waals surface area contributed by atoms with E-state index in [0.29, 0.717) is 21.8 Å². The van der Waals surface area contributed by atoms with Crippen LogP contribution in [-0.2, 0) is 14.3 Å². The fourth-order valence-electron chi connectivity index (χ4n) is 2.88. The number of benzene rings is 2. The van der Waals surface area contributed by atoms with Gasteiger partial charge in [0.2, 0.25) is 0 Å². The van der Waals surface area contributed by atoms with Crippen LogP contribution in [0, 0.1) is 13.8 Å². The molecule has 1 heterocycles. The summed E-state index contributed by atoms with van der Waals surface area (Å²) >= 11 is 1.26. The number of hydrogen-bond donors (Lipinski definition) is 2. The lowest BCUT2D eigenvalue weighted by atomic mass is 10.1. The van der Waals surface area contributed by atoms with Gasteiger partial charge in [-0.25, -0.2) is 9.59 Å². The molecule has 0 bridgehead atoms. The van der Waals surface area contributed by atoms with Gasteiger partial charge in [0.15, 0.2) is 6.61 Å². The van der Waals surface area contributed by atoms with E-state index in [0.717, 1.165) is 16.1 Å². The van der Waals surface area contributed by atoms with E-state index in [-0.39, 0.29) is 0 Å². The number of esters is 2. The van der Waals surface area contributed by atoms with Crippen molar-refractivity contribution in [1.82, 2.24) is 0 Å². The fourth-order valence-corrected chi connectivity index (χ4v) is 3.95. The number of anilines is 3. The third-order valence-corrected chi connectivity index (χ3v) is 5.68. The molecular formula is C23H22N2O5S. The van der Waals surface area contributed by atoms with Crippen LogP contribution >= 0.6 is 11.3 Å². The zero-order valence-electron chi connectivity index (χ0n) is 17.4. The summed E-state index contributed by atoms with van der Waals surface area (Å²) in [5.41, 5.74) is 2.74. The lowest BCUT2D eigenvalue weighted by molar-refractivity contribution is -0.119. The van der Waals surface area contributed by atoms with Gasteiger partial charge in [-0.1, -0.05) is 30.3 Å². The smallest absolute Gasteiger partial charge is 0.341 e. The van der Waals surface area contributed by atoms with Crippen molar-refractivity contribution in [2.75, 3.05) is 24.4 Å². The predicted octanol–water partition coefficient (Wildman–Crippen LogP) is 4.69. The molecule has 8 heteroatoms. The molecule has 0 atom stereocenters. The van der Waals surface area contributed by atoms with Crippen molar-refractivity contribution in [3.05, 3.63) is 76.2 Å². The van der Waals surface area contributed by atoms with Crippen LogP contribution in [-0.4, -0.2) is 31.6 Å². The second-order valence-electron chi connectivity index (χ2n) is 6.64. The predicted molar refractivity (Wildman–Crippen MR) is 120 cm³/mol. The number of thiophene rings is 1. The normalized spacial score (nSPS) is 10.3. The van der Waals surface area contributed by atoms with Gasteiger partial charge in [0.1, 0.15) is 5.00 Å². The molecule has 31 heavy (non-hydrogen) atoms. The molecule has 0 aliphatic heterocycles. The van der Waals surface area contributed by atoms with Crippen LogP contribution < -0.4 is 10.6 Å². The molecule has 1 amide bonds. The Morgan fingerprint density at radius 3 is 2.32 bits per heavy atom. The molecule has 1 aromatic heterocycles. The SMILES string of the molecule is COC(=O)c1c(NC(=O)COC(=O)c2ccccc2Nc2ccccc2)sc(C)c1C. The maximum Gasteiger partial charge on any atom is 0.341 e. The highest BCUT2D eigenvalue weighted by atomic mass is 32.1. The molecule has 0 spiro atoms. The van der Waals surface area contributed by atoms with Crippen LogP contribution in [0.4, 0.5) is 16.4 Å². The molecular weight excluding hydrogens is 416 g/mol. The molecule has 0 aliphatic rings. The van der Waals surface area contributed by atoms with Crippen molar-refractivity contribution in [3.8, 4) is 0 Å². The fraction of sp³-hybridized carbons (Fsp3) is 0.174. The Morgan fingerprint density at radius 1 is 0.935 bits per heavy atom. The second kappa shape index (κ2) is 9.90. The standard InChI is InChI=1S/C23H22N2O5S/c1-14-15(2)31-21(20(14)23(28)29-3)25-19(26)13-30-22(27)17-11-7-8-12-18(17)24-16-9-5-4-6-10-16/h4-12,24H,13H2,1-3H3,(H,25,26). The van der Waals surface area contributed by atoms with Gasteiger partial charge in [-0.3, -0.25) is 4.79 Å². The molecule has 2 aromatic carbocycles. The highest BCUT2D eigenvalue weighted by Crippen LogP contribution is 2.33. The summed E-state index contributed by atoms with van der Waals surface area (Å²) in [6.07, 6.45) is 0. The first-order chi connectivity index (χ1) is 14.9. The minimum Gasteiger partial charge on any atom is -0.465 e. The van der Waals surface area contributed by atoms with E-state index < -0.39 is 24.5 Å². The van der Waals surface area contributed by atoms with Gasteiger partial charge in [-0.15, -0.1) is 11.3 Å². The zero-order chi connectivity index (χ0) is 22.4. The summed E-state index contributed by atoms with van der Waals surface area (Å²) in [7, 11) is 1.28. The monoisotopic (exact) mass is 438 g/mol. The summed E-state index contributed by atoms with van der Waals surface area (Å²) in [6, 6.07) is 16.3. The molecule has 0 fully saturated rings. The van der Waals surface area contributed by atoms with E-state index in [2.05, 4.69) is 10.6 Å². The number of carbonyl (C=O) groups excluding carboxylic acids is 3. The molecule has 0 aliphatic carbocycles. The van der Waals surface area contributed by atoms with Crippen LogP contribution in [0.15, 0.2) is 54.6 Å². The molecule has 160 valence electrons. The third kappa shape index (κ3) is 5.29. The third-order valence-electron chi connectivity index (χ3n) is 4.56. The quantitative estimate of drug-likeness (QED) is 0.520. The van der Waals surface area contributed by atoms with Crippen LogP contribution in [0.3, 0.4) is 0 Å². The number of rotatable bonds is 7. The van der Waals surface area contributed by atoms with Crippen LogP contribution in [0.1, 0.15) is 31.2 Å². The summed E-state index contributed by atoms with van der Waals surface area (Å²) in [5.74, 6) is -1.72. The van der Waals surface area contributed by atoms with E-state index in [1.54, 1.807) is 31.2 Å². The topological polar surface area (TPSA) is 93.7 Å². The minimum absolute atomic E-state index is 0.303. The Kier molecular flexibility index (Phi) is 7.04. The maximum atomic E-state index is 12.6. The van der Waals surface area contributed by atoms with E-state index in [1.807, 2.05) is 37.3 Å². The number of hydrogen-bond acceptors (Lipinski definition) is 7. The summed E-state index contributed by atoms with van der Waals surface area (Å²) in [6.45, 7) is 3.14. The summed E-state index contributed by atoms with van der Waals surface area (Å²) in [4.78, 5) is 37.8. The van der Waals surface area contributed by atoms with E-state index >= 15 is 0 Å². The maximum absolute atomic E-state index is 12.6. The van der Waals surface area contributed by atoms with Crippen LogP contribution in [0.2, 0.25) is 0 Å². The highest BCUT2D eigenvalue weighted by Gasteiger charge is 2.22. The Bertz CT molecular complexity index is 1110. The molecule has 2 N–H and O–H groups in total. The minimum atomic E-state index is -0.638. The number of carbonyl (C=O) groups is 3. The molecule has 7 nitrogen and oxygen atoms in total. The molecule has 0 unspecified atom stereocenters. The molecule has 0 saturated carbocycles. The van der Waals surface area contributed by atoms with Crippen LogP contribution in [0.5, 0.6) is 0 Å². The number of nitrogens with one attached hydrogen (secondary N) is 2. The molecule has 0 radical (unpaired) electrons. The average molecular weight is 439 g/mol. The first-order valence-electron chi connectivity index (χ1n) is 9.47. The van der Waals surface area contributed by atoms with Crippen molar-refractivity contribution < 1.29 is 23.9 Å². The second-order valence-corrected chi connectivity index (χ2v) is 7.86. The number of amides is 1. The van der Waals surface area contributed by atoms with Gasteiger partial charge in [0.25, 0.3) is 5.91 Å². The molecule has 3 rings (SSSR count). The van der Waals surface area contributed by atoms with Gasteiger partial charge in [-0.2, -0.15) is 0 Å². The highest BCUT2D eigenvalue weighted by molar-refractivity contribution is 7.16. The van der Waals surface area contributed by atoms with Crippen molar-refractivity contribution in [1.29, 1.82) is 0 Å².